The van der Waals surface area contributed by atoms with E-state index in [1.165, 1.54) is 4.88 Å². The maximum absolute atomic E-state index is 9.17. The Bertz CT molecular complexity index is 376. The summed E-state index contributed by atoms with van der Waals surface area (Å²) in [7, 11) is 0. The zero-order chi connectivity index (χ0) is 12.8. The maximum Gasteiger partial charge on any atom is 0.0978 e. The molecule has 0 amide bonds. The second-order valence-corrected chi connectivity index (χ2v) is 5.68. The van der Waals surface area contributed by atoms with Crippen molar-refractivity contribution >= 4 is 11.3 Å². The molecule has 18 heavy (non-hydrogen) atoms. The third-order valence-corrected chi connectivity index (χ3v) is 4.19. The first-order valence-electron chi connectivity index (χ1n) is 6.57. The highest BCUT2D eigenvalue weighted by molar-refractivity contribution is 7.09. The van der Waals surface area contributed by atoms with E-state index in [0.717, 1.165) is 45.6 Å². The minimum atomic E-state index is 0.112. The molecule has 98 valence electrons. The predicted octanol–water partition coefficient (Wildman–Crippen LogP) is 1.95. The maximum atomic E-state index is 9.17. The van der Waals surface area contributed by atoms with E-state index in [2.05, 4.69) is 27.8 Å². The average molecular weight is 264 g/mol. The Morgan fingerprint density at radius 3 is 2.78 bits per heavy atom. The molecule has 0 bridgehead atoms. The molecule has 1 aliphatic rings. The third-order valence-electron chi connectivity index (χ3n) is 3.42. The van der Waals surface area contributed by atoms with Crippen molar-refractivity contribution < 1.29 is 0 Å². The number of hydrogen-bond donors (Lipinski definition) is 0. The SMILES string of the molecule is CCCC(C#N)N1CCN(Cc2cncs2)CC1. The monoisotopic (exact) mass is 264 g/mol. The molecule has 4 nitrogen and oxygen atoms in total. The Labute approximate surface area is 113 Å². The minimum absolute atomic E-state index is 0.112. The van der Waals surface area contributed by atoms with Crippen molar-refractivity contribution in [1.82, 2.24) is 14.8 Å². The molecule has 1 aromatic rings. The molecule has 0 spiro atoms. The van der Waals surface area contributed by atoms with Crippen molar-refractivity contribution in [3.63, 3.8) is 0 Å². The summed E-state index contributed by atoms with van der Waals surface area (Å²) in [5, 5.41) is 9.17. The number of piperazine rings is 1. The van der Waals surface area contributed by atoms with Crippen LogP contribution in [0.4, 0.5) is 0 Å². The highest BCUT2D eigenvalue weighted by Crippen LogP contribution is 2.14. The molecule has 0 aromatic carbocycles. The highest BCUT2D eigenvalue weighted by atomic mass is 32.1. The predicted molar refractivity (Wildman–Crippen MR) is 73.3 cm³/mol. The molecule has 5 heteroatoms. The second-order valence-electron chi connectivity index (χ2n) is 4.71. The van der Waals surface area contributed by atoms with E-state index < -0.39 is 0 Å². The molecule has 0 N–H and O–H groups in total. The van der Waals surface area contributed by atoms with Crippen molar-refractivity contribution in [2.24, 2.45) is 0 Å². The van der Waals surface area contributed by atoms with Crippen LogP contribution in [0.15, 0.2) is 11.7 Å². The second kappa shape index (κ2) is 6.83. The minimum Gasteiger partial charge on any atom is -0.296 e. The molecule has 1 unspecified atom stereocenters. The summed E-state index contributed by atoms with van der Waals surface area (Å²) in [5.41, 5.74) is 1.89. The van der Waals surface area contributed by atoms with Gasteiger partial charge in [-0.2, -0.15) is 5.26 Å². The third kappa shape index (κ3) is 3.52. The standard InChI is InChI=1S/C13H20N4S/c1-2-3-12(8-14)17-6-4-16(5-7-17)10-13-9-15-11-18-13/h9,11-12H,2-7,10H2,1H3. The van der Waals surface area contributed by atoms with Crippen molar-refractivity contribution in [2.45, 2.75) is 32.4 Å². The lowest BCUT2D eigenvalue weighted by Crippen LogP contribution is -2.49. The number of aromatic nitrogens is 1. The molecule has 2 rings (SSSR count). The van der Waals surface area contributed by atoms with E-state index in [1.54, 1.807) is 11.3 Å². The average Bonchev–Trinajstić information content (AvgIpc) is 2.90. The summed E-state index contributed by atoms with van der Waals surface area (Å²) < 4.78 is 0. The molecule has 1 saturated heterocycles. The van der Waals surface area contributed by atoms with E-state index in [9.17, 15) is 5.26 Å². The van der Waals surface area contributed by atoms with Gasteiger partial charge in [-0.25, -0.2) is 0 Å². The van der Waals surface area contributed by atoms with Crippen LogP contribution in [-0.2, 0) is 6.54 Å². The molecule has 1 atom stereocenters. The van der Waals surface area contributed by atoms with Crippen molar-refractivity contribution in [1.29, 1.82) is 5.26 Å². The Morgan fingerprint density at radius 2 is 2.22 bits per heavy atom. The summed E-state index contributed by atoms with van der Waals surface area (Å²) in [6.45, 7) is 7.28. The number of nitriles is 1. The van der Waals surface area contributed by atoms with Gasteiger partial charge in [0.25, 0.3) is 0 Å². The number of nitrogens with zero attached hydrogens (tertiary/aromatic N) is 4. The first kappa shape index (κ1) is 13.5. The number of thiazole rings is 1. The van der Waals surface area contributed by atoms with Crippen LogP contribution < -0.4 is 0 Å². The molecule has 1 aliphatic heterocycles. The summed E-state index contributed by atoms with van der Waals surface area (Å²) in [6, 6.07) is 2.54. The lowest BCUT2D eigenvalue weighted by atomic mass is 10.1. The van der Waals surface area contributed by atoms with Crippen LogP contribution in [0.2, 0.25) is 0 Å². The fraction of sp³-hybridized carbons (Fsp3) is 0.692. The molecule has 0 radical (unpaired) electrons. The number of hydrogen-bond acceptors (Lipinski definition) is 5. The fourth-order valence-corrected chi connectivity index (χ4v) is 3.01. The summed E-state index contributed by atoms with van der Waals surface area (Å²) in [4.78, 5) is 10.2. The summed E-state index contributed by atoms with van der Waals surface area (Å²) in [5.74, 6) is 0. The molecule has 1 aromatic heterocycles. The Kier molecular flexibility index (Phi) is 5.12. The van der Waals surface area contributed by atoms with Gasteiger partial charge in [0, 0.05) is 43.8 Å². The van der Waals surface area contributed by atoms with Gasteiger partial charge in [0.2, 0.25) is 0 Å². The topological polar surface area (TPSA) is 43.2 Å². The van der Waals surface area contributed by atoms with E-state index in [0.29, 0.717) is 0 Å². The van der Waals surface area contributed by atoms with Gasteiger partial charge in [-0.05, 0) is 6.42 Å². The van der Waals surface area contributed by atoms with E-state index in [-0.39, 0.29) is 6.04 Å². The van der Waals surface area contributed by atoms with E-state index in [1.807, 2.05) is 11.7 Å². The highest BCUT2D eigenvalue weighted by Gasteiger charge is 2.23. The van der Waals surface area contributed by atoms with Gasteiger partial charge in [-0.15, -0.1) is 11.3 Å². The zero-order valence-corrected chi connectivity index (χ0v) is 11.7. The van der Waals surface area contributed by atoms with Gasteiger partial charge in [0.1, 0.15) is 0 Å². The number of rotatable bonds is 5. The molecule has 0 saturated carbocycles. The van der Waals surface area contributed by atoms with Crippen LogP contribution >= 0.6 is 11.3 Å². The van der Waals surface area contributed by atoms with Crippen LogP contribution in [0.5, 0.6) is 0 Å². The van der Waals surface area contributed by atoms with E-state index >= 15 is 0 Å². The van der Waals surface area contributed by atoms with Gasteiger partial charge in [-0.1, -0.05) is 13.3 Å². The van der Waals surface area contributed by atoms with Crippen molar-refractivity contribution in [2.75, 3.05) is 26.2 Å². The smallest absolute Gasteiger partial charge is 0.0978 e. The largest absolute Gasteiger partial charge is 0.296 e. The lowest BCUT2D eigenvalue weighted by Gasteiger charge is -2.36. The molecular formula is C13H20N4S. The van der Waals surface area contributed by atoms with Crippen LogP contribution in [0.3, 0.4) is 0 Å². The van der Waals surface area contributed by atoms with Gasteiger partial charge in [0.05, 0.1) is 17.6 Å². The Morgan fingerprint density at radius 1 is 1.44 bits per heavy atom. The Hall–Kier alpha value is -0.960. The van der Waals surface area contributed by atoms with Crippen LogP contribution in [0, 0.1) is 11.3 Å². The molecule has 2 heterocycles. The lowest BCUT2D eigenvalue weighted by molar-refractivity contribution is 0.107. The zero-order valence-electron chi connectivity index (χ0n) is 10.9. The normalized spacial score (nSPS) is 19.6. The summed E-state index contributed by atoms with van der Waals surface area (Å²) >= 11 is 1.72. The van der Waals surface area contributed by atoms with Crippen LogP contribution in [0.1, 0.15) is 24.6 Å². The van der Waals surface area contributed by atoms with Crippen LogP contribution in [-0.4, -0.2) is 47.0 Å². The Balaban J connectivity index is 1.79. The van der Waals surface area contributed by atoms with Gasteiger partial charge < -0.3 is 0 Å². The van der Waals surface area contributed by atoms with E-state index in [4.69, 9.17) is 0 Å². The van der Waals surface area contributed by atoms with Crippen LogP contribution in [0.25, 0.3) is 0 Å². The summed E-state index contributed by atoms with van der Waals surface area (Å²) in [6.07, 6.45) is 4.02. The van der Waals surface area contributed by atoms with Gasteiger partial charge in [0.15, 0.2) is 0 Å². The van der Waals surface area contributed by atoms with Gasteiger partial charge in [-0.3, -0.25) is 14.8 Å². The fourth-order valence-electron chi connectivity index (χ4n) is 2.38. The van der Waals surface area contributed by atoms with Crippen molar-refractivity contribution in [3.05, 3.63) is 16.6 Å². The van der Waals surface area contributed by atoms with Crippen molar-refractivity contribution in [3.8, 4) is 6.07 Å². The van der Waals surface area contributed by atoms with Gasteiger partial charge >= 0.3 is 0 Å². The first-order chi connectivity index (χ1) is 8.83. The molecule has 1 fully saturated rings. The quantitative estimate of drug-likeness (QED) is 0.815. The molecule has 0 aliphatic carbocycles. The first-order valence-corrected chi connectivity index (χ1v) is 7.45. The molecular weight excluding hydrogens is 244 g/mol.